The highest BCUT2D eigenvalue weighted by molar-refractivity contribution is 4.81. The van der Waals surface area contributed by atoms with Gasteiger partial charge < -0.3 is 15.6 Å². The number of aliphatic hydroxyl groups is 1. The van der Waals surface area contributed by atoms with Crippen molar-refractivity contribution in [2.45, 2.75) is 70.4 Å². The van der Waals surface area contributed by atoms with Gasteiger partial charge in [0.1, 0.15) is 0 Å². The minimum atomic E-state index is -0.401. The van der Waals surface area contributed by atoms with E-state index in [1.165, 1.54) is 25.7 Å². The SMILES string of the molecule is CCC(N)(CO)CCCOC1CCCCC1C. The summed E-state index contributed by atoms with van der Waals surface area (Å²) in [6, 6.07) is 0. The lowest BCUT2D eigenvalue weighted by Crippen LogP contribution is -2.43. The first-order valence-electron chi connectivity index (χ1n) is 7.12. The molecule has 3 unspecified atom stereocenters. The highest BCUT2D eigenvalue weighted by atomic mass is 16.5. The second-order valence-electron chi connectivity index (χ2n) is 5.65. The molecule has 0 aliphatic heterocycles. The van der Waals surface area contributed by atoms with Gasteiger partial charge >= 0.3 is 0 Å². The molecule has 0 saturated heterocycles. The van der Waals surface area contributed by atoms with Crippen LogP contribution in [0.15, 0.2) is 0 Å². The Hall–Kier alpha value is -0.120. The van der Waals surface area contributed by atoms with Gasteiger partial charge in [0.05, 0.1) is 12.7 Å². The topological polar surface area (TPSA) is 55.5 Å². The molecule has 3 N–H and O–H groups in total. The summed E-state index contributed by atoms with van der Waals surface area (Å²) in [6.45, 7) is 5.17. The van der Waals surface area contributed by atoms with Gasteiger partial charge in [-0.25, -0.2) is 0 Å². The molecule has 0 heterocycles. The molecule has 0 aromatic heterocycles. The molecule has 1 aliphatic carbocycles. The standard InChI is InChI=1S/C14H29NO2/c1-3-14(15,11-16)9-6-10-17-13-8-5-4-7-12(13)2/h12-13,16H,3-11,15H2,1-2H3. The van der Waals surface area contributed by atoms with Gasteiger partial charge in [-0.1, -0.05) is 26.7 Å². The van der Waals surface area contributed by atoms with Crippen LogP contribution in [0.4, 0.5) is 0 Å². The van der Waals surface area contributed by atoms with Crippen LogP contribution in [-0.2, 0) is 4.74 Å². The first-order chi connectivity index (χ1) is 8.11. The Morgan fingerprint density at radius 1 is 1.35 bits per heavy atom. The number of hydrogen-bond donors (Lipinski definition) is 2. The molecule has 1 rings (SSSR count). The summed E-state index contributed by atoms with van der Waals surface area (Å²) in [5.41, 5.74) is 5.64. The highest BCUT2D eigenvalue weighted by Crippen LogP contribution is 2.26. The van der Waals surface area contributed by atoms with Crippen molar-refractivity contribution in [3.05, 3.63) is 0 Å². The Morgan fingerprint density at radius 2 is 2.06 bits per heavy atom. The second kappa shape index (κ2) is 7.34. The molecule has 0 spiro atoms. The Morgan fingerprint density at radius 3 is 2.65 bits per heavy atom. The summed E-state index contributed by atoms with van der Waals surface area (Å²) in [6.07, 6.45) is 8.25. The van der Waals surface area contributed by atoms with Gasteiger partial charge in [0.25, 0.3) is 0 Å². The average molecular weight is 243 g/mol. The Balaban J connectivity index is 2.15. The minimum Gasteiger partial charge on any atom is -0.394 e. The van der Waals surface area contributed by atoms with Gasteiger partial charge in [0, 0.05) is 12.1 Å². The third-order valence-electron chi connectivity index (χ3n) is 4.20. The summed E-state index contributed by atoms with van der Waals surface area (Å²) < 4.78 is 5.94. The van der Waals surface area contributed by atoms with Crippen LogP contribution in [0, 0.1) is 5.92 Å². The highest BCUT2D eigenvalue weighted by Gasteiger charge is 2.23. The number of rotatable bonds is 7. The summed E-state index contributed by atoms with van der Waals surface area (Å²) in [5.74, 6) is 0.704. The van der Waals surface area contributed by atoms with Crippen LogP contribution in [0.5, 0.6) is 0 Å². The molecule has 3 nitrogen and oxygen atoms in total. The van der Waals surface area contributed by atoms with Gasteiger partial charge in [-0.2, -0.15) is 0 Å². The number of nitrogens with two attached hydrogens (primary N) is 1. The van der Waals surface area contributed by atoms with E-state index < -0.39 is 5.54 Å². The maximum atomic E-state index is 9.21. The molecule has 0 bridgehead atoms. The van der Waals surface area contributed by atoms with Gasteiger partial charge in [-0.3, -0.25) is 0 Å². The minimum absolute atomic E-state index is 0.0727. The van der Waals surface area contributed by atoms with Crippen LogP contribution in [0.25, 0.3) is 0 Å². The van der Waals surface area contributed by atoms with Crippen LogP contribution in [-0.4, -0.2) is 30.0 Å². The van der Waals surface area contributed by atoms with Gasteiger partial charge in [0.15, 0.2) is 0 Å². The van der Waals surface area contributed by atoms with E-state index in [0.717, 1.165) is 25.9 Å². The molecule has 0 aromatic rings. The predicted molar refractivity (Wildman–Crippen MR) is 70.9 cm³/mol. The van der Waals surface area contributed by atoms with Crippen LogP contribution >= 0.6 is 0 Å². The summed E-state index contributed by atoms with van der Waals surface area (Å²) in [7, 11) is 0. The van der Waals surface area contributed by atoms with E-state index in [4.69, 9.17) is 10.5 Å². The van der Waals surface area contributed by atoms with E-state index in [1.54, 1.807) is 0 Å². The third-order valence-corrected chi connectivity index (χ3v) is 4.20. The molecular weight excluding hydrogens is 214 g/mol. The molecule has 3 atom stereocenters. The summed E-state index contributed by atoms with van der Waals surface area (Å²) in [4.78, 5) is 0. The molecule has 0 aromatic carbocycles. The lowest BCUT2D eigenvalue weighted by Gasteiger charge is -2.30. The molecule has 0 amide bonds. The van der Waals surface area contributed by atoms with Crippen LogP contribution in [0.1, 0.15) is 58.8 Å². The van der Waals surface area contributed by atoms with Crippen molar-refractivity contribution in [1.82, 2.24) is 0 Å². The molecule has 1 fully saturated rings. The van der Waals surface area contributed by atoms with E-state index >= 15 is 0 Å². The van der Waals surface area contributed by atoms with Crippen LogP contribution < -0.4 is 5.73 Å². The lowest BCUT2D eigenvalue weighted by atomic mass is 9.88. The van der Waals surface area contributed by atoms with Gasteiger partial charge in [-0.15, -0.1) is 0 Å². The van der Waals surface area contributed by atoms with Crippen molar-refractivity contribution in [3.8, 4) is 0 Å². The first-order valence-corrected chi connectivity index (χ1v) is 7.12. The maximum Gasteiger partial charge on any atom is 0.0611 e. The van der Waals surface area contributed by atoms with Gasteiger partial charge in [-0.05, 0) is 38.0 Å². The fourth-order valence-electron chi connectivity index (χ4n) is 2.56. The normalized spacial score (nSPS) is 28.9. The Bertz CT molecular complexity index is 204. The zero-order valence-electron chi connectivity index (χ0n) is 11.5. The van der Waals surface area contributed by atoms with Crippen molar-refractivity contribution in [2.75, 3.05) is 13.2 Å². The van der Waals surface area contributed by atoms with E-state index in [2.05, 4.69) is 6.92 Å². The van der Waals surface area contributed by atoms with Crippen molar-refractivity contribution in [1.29, 1.82) is 0 Å². The zero-order chi connectivity index (χ0) is 12.7. The van der Waals surface area contributed by atoms with Crippen molar-refractivity contribution < 1.29 is 9.84 Å². The quantitative estimate of drug-likeness (QED) is 0.675. The lowest BCUT2D eigenvalue weighted by molar-refractivity contribution is -0.00898. The molecule has 17 heavy (non-hydrogen) atoms. The monoisotopic (exact) mass is 243 g/mol. The smallest absolute Gasteiger partial charge is 0.0611 e. The molecule has 1 aliphatic rings. The van der Waals surface area contributed by atoms with E-state index in [0.29, 0.717) is 12.0 Å². The average Bonchev–Trinajstić information content (AvgIpc) is 2.36. The van der Waals surface area contributed by atoms with Gasteiger partial charge in [0.2, 0.25) is 0 Å². The van der Waals surface area contributed by atoms with Crippen LogP contribution in [0.2, 0.25) is 0 Å². The predicted octanol–water partition coefficient (Wildman–Crippen LogP) is 2.46. The number of aliphatic hydroxyl groups excluding tert-OH is 1. The van der Waals surface area contributed by atoms with Crippen LogP contribution in [0.3, 0.4) is 0 Å². The number of ether oxygens (including phenoxy) is 1. The van der Waals surface area contributed by atoms with Crippen molar-refractivity contribution in [2.24, 2.45) is 11.7 Å². The first kappa shape index (κ1) is 14.9. The Kier molecular flexibility index (Phi) is 6.45. The molecule has 1 saturated carbocycles. The third kappa shape index (κ3) is 4.94. The molecule has 3 heteroatoms. The number of hydrogen-bond acceptors (Lipinski definition) is 3. The summed E-state index contributed by atoms with van der Waals surface area (Å²) >= 11 is 0. The van der Waals surface area contributed by atoms with E-state index in [1.807, 2.05) is 6.92 Å². The fourth-order valence-corrected chi connectivity index (χ4v) is 2.56. The van der Waals surface area contributed by atoms with E-state index in [-0.39, 0.29) is 6.61 Å². The maximum absolute atomic E-state index is 9.21. The zero-order valence-corrected chi connectivity index (χ0v) is 11.5. The van der Waals surface area contributed by atoms with Crippen molar-refractivity contribution in [3.63, 3.8) is 0 Å². The molecule has 102 valence electrons. The largest absolute Gasteiger partial charge is 0.394 e. The molecule has 0 radical (unpaired) electrons. The van der Waals surface area contributed by atoms with Crippen molar-refractivity contribution >= 4 is 0 Å². The summed E-state index contributed by atoms with van der Waals surface area (Å²) in [5, 5.41) is 9.21. The molecular formula is C14H29NO2. The fraction of sp³-hybridized carbons (Fsp3) is 1.00. The second-order valence-corrected chi connectivity index (χ2v) is 5.65. The van der Waals surface area contributed by atoms with E-state index in [9.17, 15) is 5.11 Å². The Labute approximate surface area is 106 Å².